The average molecular weight is 329 g/mol. The minimum absolute atomic E-state index is 0.0445. The molecule has 0 radical (unpaired) electrons. The van der Waals surface area contributed by atoms with Crippen LogP contribution in [0.1, 0.15) is 25.8 Å². The van der Waals surface area contributed by atoms with Gasteiger partial charge in [-0.25, -0.2) is 4.79 Å². The summed E-state index contributed by atoms with van der Waals surface area (Å²) in [4.78, 5) is 27.9. The first-order valence-corrected chi connectivity index (χ1v) is 7.78. The number of benzene rings is 1. The summed E-state index contributed by atoms with van der Waals surface area (Å²) in [5.41, 5.74) is 0.841. The van der Waals surface area contributed by atoms with Gasteiger partial charge in [0.15, 0.2) is 0 Å². The van der Waals surface area contributed by atoms with E-state index >= 15 is 0 Å². The lowest BCUT2D eigenvalue weighted by Crippen LogP contribution is -2.45. The highest BCUT2D eigenvalue weighted by Gasteiger charge is 2.31. The second-order valence-electron chi connectivity index (χ2n) is 5.96. The van der Waals surface area contributed by atoms with E-state index in [2.05, 4.69) is 26.1 Å². The van der Waals surface area contributed by atoms with E-state index in [1.54, 1.807) is 0 Å². The van der Waals surface area contributed by atoms with Crippen LogP contribution in [0, 0.1) is 5.92 Å². The Kier molecular flexibility index (Phi) is 4.45. The lowest BCUT2D eigenvalue weighted by atomic mass is 10.0. The van der Waals surface area contributed by atoms with Gasteiger partial charge >= 0.3 is 6.03 Å². The predicted molar refractivity (Wildman–Crippen MR) is 85.8 cm³/mol. The van der Waals surface area contributed by atoms with Gasteiger partial charge in [0.25, 0.3) is 0 Å². The summed E-state index contributed by atoms with van der Waals surface area (Å²) >= 11 is 0. The molecule has 2 unspecified atom stereocenters. The number of amides is 3. The van der Waals surface area contributed by atoms with Gasteiger partial charge in [0, 0.05) is 12.1 Å². The first kappa shape index (κ1) is 16.0. The molecule has 24 heavy (non-hydrogen) atoms. The zero-order chi connectivity index (χ0) is 17.1. The molecule has 1 aromatic heterocycles. The van der Waals surface area contributed by atoms with E-state index in [9.17, 15) is 9.59 Å². The third-order valence-electron chi connectivity index (χ3n) is 3.79. The molecule has 0 bridgehead atoms. The number of urea groups is 1. The summed E-state index contributed by atoms with van der Waals surface area (Å²) in [6, 6.07) is 8.09. The molecule has 3 amide bonds. The van der Waals surface area contributed by atoms with Gasteiger partial charge in [-0.1, -0.05) is 49.3 Å². The minimum Gasteiger partial charge on any atom is -0.342 e. The van der Waals surface area contributed by atoms with Gasteiger partial charge in [-0.3, -0.25) is 4.79 Å². The molecule has 8 heteroatoms. The maximum Gasteiger partial charge on any atom is 0.315 e. The molecule has 2 aromatic rings. The molecular formula is C16H19N5O3. The van der Waals surface area contributed by atoms with E-state index in [0.29, 0.717) is 11.7 Å². The van der Waals surface area contributed by atoms with E-state index in [0.717, 1.165) is 5.56 Å². The number of aromatic nitrogens is 2. The Hall–Kier alpha value is -2.90. The molecule has 0 aliphatic carbocycles. The van der Waals surface area contributed by atoms with Gasteiger partial charge in [0.05, 0.1) is 0 Å². The maximum atomic E-state index is 12.3. The fourth-order valence-corrected chi connectivity index (χ4v) is 2.45. The van der Waals surface area contributed by atoms with E-state index in [4.69, 9.17) is 4.52 Å². The van der Waals surface area contributed by atoms with Crippen molar-refractivity contribution in [1.29, 1.82) is 0 Å². The third kappa shape index (κ3) is 3.37. The van der Waals surface area contributed by atoms with Crippen LogP contribution >= 0.6 is 0 Å². The fraction of sp³-hybridized carbons (Fsp3) is 0.375. The fourth-order valence-electron chi connectivity index (χ4n) is 2.45. The molecule has 0 spiro atoms. The molecule has 1 aromatic carbocycles. The summed E-state index contributed by atoms with van der Waals surface area (Å²) < 4.78 is 5.35. The molecule has 1 aliphatic heterocycles. The number of carbonyl (C=O) groups excluding carboxylic acids is 2. The number of carbonyl (C=O) groups is 2. The molecule has 1 saturated heterocycles. The summed E-state index contributed by atoms with van der Waals surface area (Å²) in [7, 11) is 0. The molecule has 8 nitrogen and oxygen atoms in total. The van der Waals surface area contributed by atoms with Crippen molar-refractivity contribution in [2.24, 2.45) is 5.92 Å². The van der Waals surface area contributed by atoms with Crippen LogP contribution in [0.3, 0.4) is 0 Å². The van der Waals surface area contributed by atoms with Gasteiger partial charge in [0.1, 0.15) is 12.1 Å². The Morgan fingerprint density at radius 3 is 2.71 bits per heavy atom. The number of hydrogen-bond donors (Lipinski definition) is 3. The van der Waals surface area contributed by atoms with Crippen molar-refractivity contribution in [3.8, 4) is 11.4 Å². The Morgan fingerprint density at radius 2 is 2.08 bits per heavy atom. The Balaban J connectivity index is 1.75. The van der Waals surface area contributed by atoms with Crippen LogP contribution in [0.5, 0.6) is 0 Å². The SMILES string of the molecule is CC(C)C(NC(=O)C1CNC(=O)N1)c1nc(-c2ccccc2)no1. The lowest BCUT2D eigenvalue weighted by Gasteiger charge is -2.20. The van der Waals surface area contributed by atoms with Gasteiger partial charge in [-0.15, -0.1) is 0 Å². The first-order chi connectivity index (χ1) is 11.5. The zero-order valence-electron chi connectivity index (χ0n) is 13.4. The van der Waals surface area contributed by atoms with Crippen LogP contribution in [-0.2, 0) is 4.79 Å². The van der Waals surface area contributed by atoms with Crippen LogP contribution in [0.4, 0.5) is 4.79 Å². The molecule has 3 rings (SSSR count). The van der Waals surface area contributed by atoms with Crippen LogP contribution in [0.25, 0.3) is 11.4 Å². The van der Waals surface area contributed by atoms with Crippen molar-refractivity contribution in [1.82, 2.24) is 26.1 Å². The predicted octanol–water partition coefficient (Wildman–Crippen LogP) is 1.23. The van der Waals surface area contributed by atoms with Crippen molar-refractivity contribution < 1.29 is 14.1 Å². The van der Waals surface area contributed by atoms with Crippen LogP contribution in [0.2, 0.25) is 0 Å². The smallest absolute Gasteiger partial charge is 0.315 e. The highest BCUT2D eigenvalue weighted by Crippen LogP contribution is 2.23. The van der Waals surface area contributed by atoms with Crippen molar-refractivity contribution in [2.45, 2.75) is 25.9 Å². The van der Waals surface area contributed by atoms with E-state index < -0.39 is 12.1 Å². The standard InChI is InChI=1S/C16H19N5O3/c1-9(2)12(19-14(22)11-8-17-16(23)18-11)15-20-13(21-24-15)10-6-4-3-5-7-10/h3-7,9,11-12H,8H2,1-2H3,(H,19,22)(H2,17,18,23). The first-order valence-electron chi connectivity index (χ1n) is 7.78. The van der Waals surface area contributed by atoms with E-state index in [-0.39, 0.29) is 24.4 Å². The number of nitrogens with one attached hydrogen (secondary N) is 3. The molecule has 1 fully saturated rings. The topological polar surface area (TPSA) is 109 Å². The van der Waals surface area contributed by atoms with Crippen molar-refractivity contribution in [3.05, 3.63) is 36.2 Å². The van der Waals surface area contributed by atoms with Gasteiger partial charge < -0.3 is 20.5 Å². The van der Waals surface area contributed by atoms with Crippen molar-refractivity contribution in [2.75, 3.05) is 6.54 Å². The Bertz CT molecular complexity index is 728. The third-order valence-corrected chi connectivity index (χ3v) is 3.79. The molecule has 2 heterocycles. The highest BCUT2D eigenvalue weighted by molar-refractivity contribution is 5.90. The summed E-state index contributed by atoms with van der Waals surface area (Å²) in [5.74, 6) is 0.574. The molecule has 0 saturated carbocycles. The quantitative estimate of drug-likeness (QED) is 0.764. The largest absolute Gasteiger partial charge is 0.342 e. The summed E-state index contributed by atoms with van der Waals surface area (Å²) in [5, 5.41) is 12.0. The van der Waals surface area contributed by atoms with Crippen LogP contribution < -0.4 is 16.0 Å². The maximum absolute atomic E-state index is 12.3. The average Bonchev–Trinajstić information content (AvgIpc) is 3.22. The van der Waals surface area contributed by atoms with E-state index in [1.807, 2.05) is 44.2 Å². The minimum atomic E-state index is -0.602. The highest BCUT2D eigenvalue weighted by atomic mass is 16.5. The zero-order valence-corrected chi connectivity index (χ0v) is 13.4. The van der Waals surface area contributed by atoms with Crippen LogP contribution in [-0.4, -0.2) is 34.7 Å². The molecule has 126 valence electrons. The van der Waals surface area contributed by atoms with Crippen molar-refractivity contribution >= 4 is 11.9 Å². The van der Waals surface area contributed by atoms with Crippen molar-refractivity contribution in [3.63, 3.8) is 0 Å². The second-order valence-corrected chi connectivity index (χ2v) is 5.96. The number of nitrogens with zero attached hydrogens (tertiary/aromatic N) is 2. The van der Waals surface area contributed by atoms with Gasteiger partial charge in [-0.2, -0.15) is 4.98 Å². The molecular weight excluding hydrogens is 310 g/mol. The summed E-state index contributed by atoms with van der Waals surface area (Å²) in [6.45, 7) is 4.15. The molecule has 2 atom stereocenters. The number of rotatable bonds is 5. The monoisotopic (exact) mass is 329 g/mol. The van der Waals surface area contributed by atoms with Gasteiger partial charge in [0.2, 0.25) is 17.6 Å². The Morgan fingerprint density at radius 1 is 1.33 bits per heavy atom. The van der Waals surface area contributed by atoms with E-state index in [1.165, 1.54) is 0 Å². The van der Waals surface area contributed by atoms with Crippen LogP contribution in [0.15, 0.2) is 34.9 Å². The second kappa shape index (κ2) is 6.69. The molecule has 3 N–H and O–H groups in total. The number of hydrogen-bond acceptors (Lipinski definition) is 5. The Labute approximate surface area is 139 Å². The lowest BCUT2D eigenvalue weighted by molar-refractivity contribution is -0.123. The molecule has 1 aliphatic rings. The normalized spacial score (nSPS) is 18.1. The van der Waals surface area contributed by atoms with Gasteiger partial charge in [-0.05, 0) is 5.92 Å². The summed E-state index contributed by atoms with van der Waals surface area (Å²) in [6.07, 6.45) is 0.